The quantitative estimate of drug-likeness (QED) is 0.829. The molecule has 1 aromatic carbocycles. The second-order valence-electron chi connectivity index (χ2n) is 7.98. The van der Waals surface area contributed by atoms with Crippen molar-refractivity contribution in [3.05, 3.63) is 52.9 Å². The van der Waals surface area contributed by atoms with Crippen LogP contribution in [0.15, 0.2) is 34.9 Å². The van der Waals surface area contributed by atoms with E-state index in [-0.39, 0.29) is 11.3 Å². The molecule has 2 fully saturated rings. The van der Waals surface area contributed by atoms with Gasteiger partial charge in [0.25, 0.3) is 0 Å². The Labute approximate surface area is 160 Å². The minimum atomic E-state index is -0.138. The van der Waals surface area contributed by atoms with E-state index in [1.807, 2.05) is 36.9 Å². The van der Waals surface area contributed by atoms with Crippen molar-refractivity contribution in [2.75, 3.05) is 32.8 Å². The summed E-state index contributed by atoms with van der Waals surface area (Å²) in [4.78, 5) is 17.1. The second kappa shape index (κ2) is 7.44. The second-order valence-corrected chi connectivity index (χ2v) is 7.98. The van der Waals surface area contributed by atoms with E-state index < -0.39 is 0 Å². The van der Waals surface area contributed by atoms with Crippen molar-refractivity contribution in [2.45, 2.75) is 33.4 Å². The van der Waals surface area contributed by atoms with Gasteiger partial charge >= 0.3 is 0 Å². The van der Waals surface area contributed by atoms with Gasteiger partial charge < -0.3 is 14.2 Å². The fourth-order valence-electron chi connectivity index (χ4n) is 4.30. The van der Waals surface area contributed by atoms with Crippen molar-refractivity contribution >= 4 is 5.91 Å². The van der Waals surface area contributed by atoms with E-state index in [0.717, 1.165) is 43.2 Å². The number of aryl methyl sites for hydroxylation is 2. The van der Waals surface area contributed by atoms with Crippen molar-refractivity contribution in [1.82, 2.24) is 15.0 Å². The Hall–Kier alpha value is -2.18. The molecular formula is C21H27N3O3. The zero-order valence-electron chi connectivity index (χ0n) is 16.1. The van der Waals surface area contributed by atoms with Gasteiger partial charge in [-0.1, -0.05) is 35.5 Å². The molecule has 6 heteroatoms. The summed E-state index contributed by atoms with van der Waals surface area (Å²) < 4.78 is 11.2. The van der Waals surface area contributed by atoms with Crippen molar-refractivity contribution in [1.29, 1.82) is 0 Å². The lowest BCUT2D eigenvalue weighted by Gasteiger charge is -2.31. The van der Waals surface area contributed by atoms with Crippen LogP contribution >= 0.6 is 0 Å². The molecule has 0 radical (unpaired) electrons. The van der Waals surface area contributed by atoms with Gasteiger partial charge in [-0.3, -0.25) is 9.69 Å². The van der Waals surface area contributed by atoms with Crippen LogP contribution in [0.2, 0.25) is 0 Å². The Morgan fingerprint density at radius 2 is 1.96 bits per heavy atom. The highest BCUT2D eigenvalue weighted by Gasteiger charge is 2.45. The predicted molar refractivity (Wildman–Crippen MR) is 101 cm³/mol. The maximum absolute atomic E-state index is 12.7. The van der Waals surface area contributed by atoms with Crippen LogP contribution in [0.1, 0.15) is 29.0 Å². The first-order chi connectivity index (χ1) is 13.0. The first-order valence-corrected chi connectivity index (χ1v) is 9.58. The topological polar surface area (TPSA) is 58.8 Å². The van der Waals surface area contributed by atoms with E-state index in [1.165, 1.54) is 5.56 Å². The Balaban J connectivity index is 1.47. The Bertz CT molecular complexity index is 785. The summed E-state index contributed by atoms with van der Waals surface area (Å²) in [6.07, 6.45) is 0.554. The highest BCUT2D eigenvalue weighted by molar-refractivity contribution is 5.79. The molecule has 0 bridgehead atoms. The number of hydrogen-bond acceptors (Lipinski definition) is 5. The lowest BCUT2D eigenvalue weighted by Crippen LogP contribution is -2.40. The number of hydrogen-bond donors (Lipinski definition) is 0. The molecule has 1 unspecified atom stereocenters. The number of likely N-dealkylation sites (tertiary alicyclic amines) is 1. The van der Waals surface area contributed by atoms with Gasteiger partial charge in [0.05, 0.1) is 18.9 Å². The molecule has 27 heavy (non-hydrogen) atoms. The van der Waals surface area contributed by atoms with Gasteiger partial charge in [0.1, 0.15) is 5.76 Å². The summed E-state index contributed by atoms with van der Waals surface area (Å²) in [6.45, 7) is 9.20. The van der Waals surface area contributed by atoms with E-state index in [9.17, 15) is 4.79 Å². The average molecular weight is 369 g/mol. The van der Waals surface area contributed by atoms with Gasteiger partial charge in [0, 0.05) is 50.1 Å². The van der Waals surface area contributed by atoms with Crippen LogP contribution in [0.5, 0.6) is 0 Å². The van der Waals surface area contributed by atoms with Crippen LogP contribution in [0.25, 0.3) is 0 Å². The van der Waals surface area contributed by atoms with Crippen LogP contribution < -0.4 is 0 Å². The van der Waals surface area contributed by atoms with E-state index in [0.29, 0.717) is 26.2 Å². The number of nitrogens with zero attached hydrogens (tertiary/aromatic N) is 3. The fourth-order valence-corrected chi connectivity index (χ4v) is 4.30. The first kappa shape index (κ1) is 18.2. The standard InChI is InChI=1S/C21H27N3O3/c1-16-19(17(2)27-22-16)12-23-8-9-26-15-21(13-23)10-20(25)24(14-21)11-18-6-4-3-5-7-18/h3-7H,8-15H2,1-2H3. The molecule has 0 saturated carbocycles. The fraction of sp³-hybridized carbons (Fsp3) is 0.524. The Kier molecular flexibility index (Phi) is 5.02. The molecule has 6 nitrogen and oxygen atoms in total. The highest BCUT2D eigenvalue weighted by atomic mass is 16.5. The molecule has 0 N–H and O–H groups in total. The van der Waals surface area contributed by atoms with Crippen molar-refractivity contribution < 1.29 is 14.1 Å². The molecule has 3 heterocycles. The van der Waals surface area contributed by atoms with Crippen molar-refractivity contribution in [3.8, 4) is 0 Å². The normalized spacial score (nSPS) is 23.9. The van der Waals surface area contributed by atoms with Gasteiger partial charge in [-0.05, 0) is 19.4 Å². The number of ether oxygens (including phenoxy) is 1. The van der Waals surface area contributed by atoms with Crippen LogP contribution in [0.3, 0.4) is 0 Å². The molecule has 1 spiro atoms. The molecule has 2 aromatic rings. The third kappa shape index (κ3) is 3.92. The maximum atomic E-state index is 12.7. The smallest absolute Gasteiger partial charge is 0.223 e. The number of amides is 1. The number of carbonyl (C=O) groups is 1. The monoisotopic (exact) mass is 369 g/mol. The van der Waals surface area contributed by atoms with Crippen molar-refractivity contribution in [3.63, 3.8) is 0 Å². The van der Waals surface area contributed by atoms with E-state index >= 15 is 0 Å². The molecule has 4 rings (SSSR count). The molecule has 0 aliphatic carbocycles. The summed E-state index contributed by atoms with van der Waals surface area (Å²) >= 11 is 0. The third-order valence-corrected chi connectivity index (χ3v) is 5.70. The van der Waals surface area contributed by atoms with Gasteiger partial charge in [-0.15, -0.1) is 0 Å². The zero-order valence-corrected chi connectivity index (χ0v) is 16.1. The predicted octanol–water partition coefficient (Wildman–Crippen LogP) is 2.54. The zero-order chi connectivity index (χ0) is 18.9. The first-order valence-electron chi connectivity index (χ1n) is 9.58. The molecule has 2 saturated heterocycles. The SMILES string of the molecule is Cc1noc(C)c1CN1CCOCC2(CC(=O)N(Cc3ccccc3)C2)C1. The van der Waals surface area contributed by atoms with E-state index in [1.54, 1.807) is 0 Å². The summed E-state index contributed by atoms with van der Waals surface area (Å²) in [5.41, 5.74) is 3.13. The molecular weight excluding hydrogens is 342 g/mol. The third-order valence-electron chi connectivity index (χ3n) is 5.70. The summed E-state index contributed by atoms with van der Waals surface area (Å²) in [5.74, 6) is 1.10. The minimum absolute atomic E-state index is 0.138. The van der Waals surface area contributed by atoms with Crippen LogP contribution in [-0.4, -0.2) is 53.7 Å². The van der Waals surface area contributed by atoms with Gasteiger partial charge in [-0.2, -0.15) is 0 Å². The summed E-state index contributed by atoms with van der Waals surface area (Å²) in [5, 5.41) is 4.07. The summed E-state index contributed by atoms with van der Waals surface area (Å²) in [7, 11) is 0. The van der Waals surface area contributed by atoms with E-state index in [4.69, 9.17) is 9.26 Å². The number of rotatable bonds is 4. The molecule has 144 valence electrons. The molecule has 1 atom stereocenters. The van der Waals surface area contributed by atoms with Crippen LogP contribution in [0, 0.1) is 19.3 Å². The number of aromatic nitrogens is 1. The minimum Gasteiger partial charge on any atom is -0.379 e. The Morgan fingerprint density at radius 3 is 2.70 bits per heavy atom. The largest absolute Gasteiger partial charge is 0.379 e. The Morgan fingerprint density at radius 1 is 1.15 bits per heavy atom. The maximum Gasteiger partial charge on any atom is 0.223 e. The van der Waals surface area contributed by atoms with Gasteiger partial charge in [0.15, 0.2) is 0 Å². The summed E-state index contributed by atoms with van der Waals surface area (Å²) in [6, 6.07) is 10.2. The van der Waals surface area contributed by atoms with E-state index in [2.05, 4.69) is 22.2 Å². The lowest BCUT2D eigenvalue weighted by atomic mass is 9.87. The van der Waals surface area contributed by atoms with Gasteiger partial charge in [-0.25, -0.2) is 0 Å². The highest BCUT2D eigenvalue weighted by Crippen LogP contribution is 2.35. The lowest BCUT2D eigenvalue weighted by molar-refractivity contribution is -0.128. The molecule has 1 aromatic heterocycles. The van der Waals surface area contributed by atoms with Crippen LogP contribution in [-0.2, 0) is 22.6 Å². The number of benzene rings is 1. The average Bonchev–Trinajstić information content (AvgIpc) is 3.04. The molecule has 2 aliphatic rings. The molecule has 1 amide bonds. The van der Waals surface area contributed by atoms with Crippen molar-refractivity contribution in [2.24, 2.45) is 5.41 Å². The van der Waals surface area contributed by atoms with Crippen LogP contribution in [0.4, 0.5) is 0 Å². The molecule has 2 aliphatic heterocycles. The van der Waals surface area contributed by atoms with Gasteiger partial charge in [0.2, 0.25) is 5.91 Å². The number of carbonyl (C=O) groups excluding carboxylic acids is 1.